The molecule has 2 fully saturated rings. The van der Waals surface area contributed by atoms with Crippen LogP contribution in [0.2, 0.25) is 10.0 Å². The van der Waals surface area contributed by atoms with Gasteiger partial charge in [-0.15, -0.1) is 0 Å². The molecule has 2 aliphatic heterocycles. The van der Waals surface area contributed by atoms with Crippen molar-refractivity contribution >= 4 is 46.7 Å². The van der Waals surface area contributed by atoms with Gasteiger partial charge in [0.15, 0.2) is 0 Å². The summed E-state index contributed by atoms with van der Waals surface area (Å²) in [7, 11) is 0. The Hall–Kier alpha value is -3.10. The second kappa shape index (κ2) is 10.0. The summed E-state index contributed by atoms with van der Waals surface area (Å²) in [5, 5.41) is 11.6. The molecule has 0 aliphatic carbocycles. The third-order valence-electron chi connectivity index (χ3n) is 6.02. The summed E-state index contributed by atoms with van der Waals surface area (Å²) in [6.07, 6.45) is 2.09. The van der Waals surface area contributed by atoms with Gasteiger partial charge in [0.2, 0.25) is 0 Å². The zero-order valence-corrected chi connectivity index (χ0v) is 19.9. The average molecular weight is 504 g/mol. The molecule has 2 aromatic rings. The predicted molar refractivity (Wildman–Crippen MR) is 126 cm³/mol. The minimum atomic E-state index is -0.880. The maximum atomic E-state index is 13.2. The highest BCUT2D eigenvalue weighted by Crippen LogP contribution is 2.42. The molecule has 0 bridgehead atoms. The molecule has 1 N–H and O–H groups in total. The summed E-state index contributed by atoms with van der Waals surface area (Å²) in [6.45, 7) is 2.79. The lowest BCUT2D eigenvalue weighted by Gasteiger charge is -2.38. The maximum absolute atomic E-state index is 13.2. The maximum Gasteiger partial charge on any atom is 0.409 e. The van der Waals surface area contributed by atoms with E-state index >= 15 is 0 Å². The van der Waals surface area contributed by atoms with E-state index in [2.05, 4.69) is 4.98 Å². The molecular weight excluding hydrogens is 481 g/mol. The molecule has 1 atom stereocenters. The largest absolute Gasteiger partial charge is 0.507 e. The zero-order chi connectivity index (χ0) is 24.4. The van der Waals surface area contributed by atoms with E-state index in [0.29, 0.717) is 36.6 Å². The van der Waals surface area contributed by atoms with E-state index in [1.165, 1.54) is 23.1 Å². The average Bonchev–Trinajstić information content (AvgIpc) is 3.11. The SMILES string of the molecule is CCOC(=O)N1CCC(N2C(=O)C(=O)/C(=C(/O)c3ccc(Cl)c(Cl)c3)C2c2ccccn2)CC1. The summed E-state index contributed by atoms with van der Waals surface area (Å²) < 4.78 is 5.07. The number of benzene rings is 1. The minimum Gasteiger partial charge on any atom is -0.507 e. The number of piperidine rings is 1. The summed E-state index contributed by atoms with van der Waals surface area (Å²) in [4.78, 5) is 45.9. The van der Waals surface area contributed by atoms with Crippen molar-refractivity contribution in [2.45, 2.75) is 31.8 Å². The van der Waals surface area contributed by atoms with Crippen molar-refractivity contribution in [3.8, 4) is 0 Å². The molecule has 0 saturated carbocycles. The number of carbonyl (C=O) groups is 3. The highest BCUT2D eigenvalue weighted by molar-refractivity contribution is 6.47. The second-order valence-electron chi connectivity index (χ2n) is 8.01. The number of likely N-dealkylation sites (tertiary alicyclic amines) is 2. The molecule has 2 amide bonds. The minimum absolute atomic E-state index is 0.0603. The summed E-state index contributed by atoms with van der Waals surface area (Å²) in [5.41, 5.74) is 0.663. The Kier molecular flexibility index (Phi) is 7.09. The van der Waals surface area contributed by atoms with Crippen molar-refractivity contribution in [3.63, 3.8) is 0 Å². The number of ether oxygens (including phenoxy) is 1. The van der Waals surface area contributed by atoms with E-state index in [1.807, 2.05) is 0 Å². The monoisotopic (exact) mass is 503 g/mol. The number of Topliss-reactive ketones (excluding diaryl/α,β-unsaturated/α-hetero) is 1. The van der Waals surface area contributed by atoms with Crippen LogP contribution in [-0.2, 0) is 14.3 Å². The van der Waals surface area contributed by atoms with Crippen LogP contribution in [-0.4, -0.2) is 63.4 Å². The zero-order valence-electron chi connectivity index (χ0n) is 18.4. The lowest BCUT2D eigenvalue weighted by molar-refractivity contribution is -0.142. The molecule has 10 heteroatoms. The van der Waals surface area contributed by atoms with Crippen molar-refractivity contribution < 1.29 is 24.2 Å². The first kappa shape index (κ1) is 24.0. The van der Waals surface area contributed by atoms with E-state index in [1.54, 1.807) is 36.2 Å². The Morgan fingerprint density at radius 2 is 1.88 bits per heavy atom. The first-order valence-corrected chi connectivity index (χ1v) is 11.7. The van der Waals surface area contributed by atoms with Crippen LogP contribution in [0.4, 0.5) is 4.79 Å². The fourth-order valence-electron chi connectivity index (χ4n) is 4.40. The van der Waals surface area contributed by atoms with E-state index in [9.17, 15) is 19.5 Å². The van der Waals surface area contributed by atoms with E-state index in [0.717, 1.165) is 0 Å². The second-order valence-corrected chi connectivity index (χ2v) is 8.82. The van der Waals surface area contributed by atoms with Gasteiger partial charge < -0.3 is 19.6 Å². The quantitative estimate of drug-likeness (QED) is 0.376. The van der Waals surface area contributed by atoms with Crippen LogP contribution in [0.5, 0.6) is 0 Å². The first-order valence-electron chi connectivity index (χ1n) is 10.9. The topological polar surface area (TPSA) is 100 Å². The number of hydrogen-bond donors (Lipinski definition) is 1. The van der Waals surface area contributed by atoms with Crippen LogP contribution in [0.1, 0.15) is 37.1 Å². The molecule has 1 aromatic carbocycles. The standard InChI is InChI=1S/C24H23Cl2N3O5/c1-2-34-24(33)28-11-8-15(9-12-28)29-20(18-5-3-4-10-27-18)19(22(31)23(29)32)21(30)14-6-7-16(25)17(26)13-14/h3-7,10,13,15,20,30H,2,8-9,11-12H2,1H3/b21-19+. The molecule has 8 nitrogen and oxygen atoms in total. The Labute approximate surface area is 206 Å². The molecule has 34 heavy (non-hydrogen) atoms. The number of halogens is 2. The molecule has 4 rings (SSSR count). The first-order chi connectivity index (χ1) is 16.3. The van der Waals surface area contributed by atoms with Crippen LogP contribution < -0.4 is 0 Å². The number of carbonyl (C=O) groups excluding carboxylic acids is 3. The Morgan fingerprint density at radius 3 is 2.50 bits per heavy atom. The van der Waals surface area contributed by atoms with Gasteiger partial charge in [0, 0.05) is 30.9 Å². The number of amides is 2. The number of aromatic nitrogens is 1. The van der Waals surface area contributed by atoms with Gasteiger partial charge >= 0.3 is 6.09 Å². The van der Waals surface area contributed by atoms with Crippen molar-refractivity contribution in [2.24, 2.45) is 0 Å². The Bertz CT molecular complexity index is 1150. The fourth-order valence-corrected chi connectivity index (χ4v) is 4.69. The molecule has 178 valence electrons. The lowest BCUT2D eigenvalue weighted by Crippen LogP contribution is -2.48. The van der Waals surface area contributed by atoms with Gasteiger partial charge in [-0.2, -0.15) is 0 Å². The number of nitrogens with zero attached hydrogens (tertiary/aromatic N) is 3. The van der Waals surface area contributed by atoms with E-state index < -0.39 is 23.8 Å². The van der Waals surface area contributed by atoms with Gasteiger partial charge in [0.1, 0.15) is 11.8 Å². The van der Waals surface area contributed by atoms with Crippen molar-refractivity contribution in [2.75, 3.05) is 19.7 Å². The van der Waals surface area contributed by atoms with Crippen molar-refractivity contribution in [1.29, 1.82) is 0 Å². The number of ketones is 1. The van der Waals surface area contributed by atoms with Crippen LogP contribution in [0.15, 0.2) is 48.2 Å². The lowest BCUT2D eigenvalue weighted by atomic mass is 9.96. The third kappa shape index (κ3) is 4.48. The highest BCUT2D eigenvalue weighted by Gasteiger charge is 2.50. The van der Waals surface area contributed by atoms with Crippen molar-refractivity contribution in [3.05, 3.63) is 69.5 Å². The van der Waals surface area contributed by atoms with Gasteiger partial charge in [0.25, 0.3) is 11.7 Å². The fraction of sp³-hybridized carbons (Fsp3) is 0.333. The molecule has 3 heterocycles. The molecule has 0 radical (unpaired) electrons. The smallest absolute Gasteiger partial charge is 0.409 e. The van der Waals surface area contributed by atoms with Gasteiger partial charge in [-0.1, -0.05) is 29.3 Å². The van der Waals surface area contributed by atoms with E-state index in [-0.39, 0.29) is 34.6 Å². The summed E-state index contributed by atoms with van der Waals surface area (Å²) >= 11 is 12.1. The number of aliphatic hydroxyl groups is 1. The van der Waals surface area contributed by atoms with E-state index in [4.69, 9.17) is 27.9 Å². The molecule has 0 spiro atoms. The summed E-state index contributed by atoms with van der Waals surface area (Å²) in [6, 6.07) is 8.47. The van der Waals surface area contributed by atoms with Gasteiger partial charge in [0.05, 0.1) is 27.9 Å². The molecule has 1 aromatic heterocycles. The molecular formula is C24H23Cl2N3O5. The van der Waals surface area contributed by atoms with Crippen molar-refractivity contribution in [1.82, 2.24) is 14.8 Å². The van der Waals surface area contributed by atoms with Gasteiger partial charge in [-0.05, 0) is 50.1 Å². The molecule has 2 aliphatic rings. The number of pyridine rings is 1. The number of hydrogen-bond acceptors (Lipinski definition) is 6. The Balaban J connectivity index is 1.73. The van der Waals surface area contributed by atoms with Crippen LogP contribution in [0.3, 0.4) is 0 Å². The third-order valence-corrected chi connectivity index (χ3v) is 6.76. The Morgan fingerprint density at radius 1 is 1.15 bits per heavy atom. The molecule has 1 unspecified atom stereocenters. The summed E-state index contributed by atoms with van der Waals surface area (Å²) in [5.74, 6) is -1.86. The predicted octanol–water partition coefficient (Wildman–Crippen LogP) is 4.43. The number of aliphatic hydroxyl groups excluding tert-OH is 1. The van der Waals surface area contributed by atoms with Gasteiger partial charge in [-0.25, -0.2) is 4.79 Å². The van der Waals surface area contributed by atoms with Gasteiger partial charge in [-0.3, -0.25) is 14.6 Å². The van der Waals surface area contributed by atoms with Crippen LogP contribution >= 0.6 is 23.2 Å². The van der Waals surface area contributed by atoms with Crippen LogP contribution in [0, 0.1) is 0 Å². The number of rotatable bonds is 4. The highest BCUT2D eigenvalue weighted by atomic mass is 35.5. The molecule has 2 saturated heterocycles. The van der Waals surface area contributed by atoms with Crippen LogP contribution in [0.25, 0.3) is 5.76 Å². The normalized spacial score (nSPS) is 20.6.